The molecule has 1 aromatic carbocycles. The normalized spacial score (nSPS) is 11.3. The van der Waals surface area contributed by atoms with Crippen LogP contribution in [0.15, 0.2) is 30.3 Å². The van der Waals surface area contributed by atoms with Crippen molar-refractivity contribution in [1.82, 2.24) is 5.32 Å². The Morgan fingerprint density at radius 1 is 1.13 bits per heavy atom. The number of carboxylic acid groups (broad SMARTS) is 1. The Morgan fingerprint density at radius 2 is 1.83 bits per heavy atom. The van der Waals surface area contributed by atoms with Crippen molar-refractivity contribution in [3.63, 3.8) is 0 Å². The number of carbonyl (C=O) groups is 3. The highest BCUT2D eigenvalue weighted by atomic mass is 16.5. The van der Waals surface area contributed by atoms with Gasteiger partial charge in [-0.25, -0.2) is 9.59 Å². The lowest BCUT2D eigenvalue weighted by molar-refractivity contribution is -0.142. The molecule has 0 aliphatic heterocycles. The van der Waals surface area contributed by atoms with E-state index in [1.807, 2.05) is 18.2 Å². The number of alkyl carbamates (subject to hydrolysis) is 1. The van der Waals surface area contributed by atoms with Crippen molar-refractivity contribution >= 4 is 18.0 Å². The molecule has 0 aliphatic rings. The van der Waals surface area contributed by atoms with Gasteiger partial charge in [0, 0.05) is 6.92 Å². The Kier molecular flexibility index (Phi) is 8.20. The van der Waals surface area contributed by atoms with Gasteiger partial charge in [0.05, 0.1) is 6.61 Å². The molecule has 1 atom stereocenters. The Bertz CT molecular complexity index is 517. The molecule has 1 aromatic rings. The van der Waals surface area contributed by atoms with Gasteiger partial charge in [0.1, 0.15) is 12.6 Å². The summed E-state index contributed by atoms with van der Waals surface area (Å²) in [6.07, 6.45) is 0.492. The minimum atomic E-state index is -1.13. The van der Waals surface area contributed by atoms with Gasteiger partial charge in [0.15, 0.2) is 0 Å². The molecule has 7 heteroatoms. The first kappa shape index (κ1) is 18.5. The third-order valence-electron chi connectivity index (χ3n) is 3.00. The standard InChI is InChI=1S/C16H21NO6/c1-12(18)22-10-6-5-9-14(15(19)20)17-16(21)23-11-13-7-3-2-4-8-13/h2-4,7-8,14H,5-6,9-11H2,1H3,(H,17,21)(H,19,20). The predicted molar refractivity (Wildman–Crippen MR) is 81.7 cm³/mol. The summed E-state index contributed by atoms with van der Waals surface area (Å²) >= 11 is 0. The molecular weight excluding hydrogens is 302 g/mol. The van der Waals surface area contributed by atoms with Gasteiger partial charge in [-0.15, -0.1) is 0 Å². The Balaban J connectivity index is 2.29. The van der Waals surface area contributed by atoms with E-state index in [1.165, 1.54) is 6.92 Å². The minimum Gasteiger partial charge on any atom is -0.480 e. The van der Waals surface area contributed by atoms with Crippen LogP contribution in [-0.2, 0) is 25.7 Å². The first-order valence-electron chi connectivity index (χ1n) is 7.32. The van der Waals surface area contributed by atoms with E-state index in [2.05, 4.69) is 5.32 Å². The number of unbranched alkanes of at least 4 members (excludes halogenated alkanes) is 1. The van der Waals surface area contributed by atoms with E-state index in [1.54, 1.807) is 12.1 Å². The quantitative estimate of drug-likeness (QED) is 0.533. The molecule has 1 unspecified atom stereocenters. The van der Waals surface area contributed by atoms with Crippen molar-refractivity contribution in [3.05, 3.63) is 35.9 Å². The van der Waals surface area contributed by atoms with Crippen molar-refractivity contribution in [3.8, 4) is 0 Å². The van der Waals surface area contributed by atoms with Crippen molar-refractivity contribution in [2.24, 2.45) is 0 Å². The topological polar surface area (TPSA) is 102 Å². The third kappa shape index (κ3) is 8.45. The second kappa shape index (κ2) is 10.2. The van der Waals surface area contributed by atoms with E-state index in [9.17, 15) is 14.4 Å². The molecule has 0 aromatic heterocycles. The summed E-state index contributed by atoms with van der Waals surface area (Å²) in [5.74, 6) is -1.50. The first-order valence-corrected chi connectivity index (χ1v) is 7.32. The summed E-state index contributed by atoms with van der Waals surface area (Å²) in [5.41, 5.74) is 0.816. The van der Waals surface area contributed by atoms with Crippen molar-refractivity contribution < 1.29 is 29.0 Å². The largest absolute Gasteiger partial charge is 0.480 e. The zero-order chi connectivity index (χ0) is 17.1. The molecule has 23 heavy (non-hydrogen) atoms. The van der Waals surface area contributed by atoms with Crippen LogP contribution in [-0.4, -0.2) is 35.8 Å². The predicted octanol–water partition coefficient (Wildman–Crippen LogP) is 2.10. The van der Waals surface area contributed by atoms with Gasteiger partial charge in [-0.3, -0.25) is 4.79 Å². The molecule has 126 valence electrons. The highest BCUT2D eigenvalue weighted by Crippen LogP contribution is 2.04. The van der Waals surface area contributed by atoms with Crippen LogP contribution in [0.5, 0.6) is 0 Å². The SMILES string of the molecule is CC(=O)OCCCCC(NC(=O)OCc1ccccc1)C(=O)O. The summed E-state index contributed by atoms with van der Waals surface area (Å²) < 4.78 is 9.74. The average molecular weight is 323 g/mol. The monoisotopic (exact) mass is 323 g/mol. The van der Waals surface area contributed by atoms with Crippen molar-refractivity contribution in [1.29, 1.82) is 0 Å². The van der Waals surface area contributed by atoms with Crippen LogP contribution in [0.3, 0.4) is 0 Å². The van der Waals surface area contributed by atoms with E-state index in [4.69, 9.17) is 14.6 Å². The van der Waals surface area contributed by atoms with Gasteiger partial charge in [0.2, 0.25) is 0 Å². The third-order valence-corrected chi connectivity index (χ3v) is 3.00. The molecule has 0 heterocycles. The number of carbonyl (C=O) groups excluding carboxylic acids is 2. The number of rotatable bonds is 9. The zero-order valence-electron chi connectivity index (χ0n) is 13.0. The van der Waals surface area contributed by atoms with Crippen molar-refractivity contribution in [2.75, 3.05) is 6.61 Å². The van der Waals surface area contributed by atoms with Gasteiger partial charge in [-0.2, -0.15) is 0 Å². The number of nitrogens with one attached hydrogen (secondary N) is 1. The van der Waals surface area contributed by atoms with E-state index < -0.39 is 18.1 Å². The zero-order valence-corrected chi connectivity index (χ0v) is 13.0. The molecule has 2 N–H and O–H groups in total. The highest BCUT2D eigenvalue weighted by molar-refractivity contribution is 5.79. The van der Waals surface area contributed by atoms with Crippen LogP contribution < -0.4 is 5.32 Å². The molecule has 1 amide bonds. The van der Waals surface area contributed by atoms with Crippen LogP contribution in [0.4, 0.5) is 4.79 Å². The van der Waals surface area contributed by atoms with E-state index in [-0.39, 0.29) is 25.6 Å². The van der Waals surface area contributed by atoms with Gasteiger partial charge in [-0.05, 0) is 24.8 Å². The summed E-state index contributed by atoms with van der Waals surface area (Å²) in [6.45, 7) is 1.62. The van der Waals surface area contributed by atoms with Crippen LogP contribution >= 0.6 is 0 Å². The number of hydrogen-bond donors (Lipinski definition) is 2. The first-order chi connectivity index (χ1) is 11.0. The summed E-state index contributed by atoms with van der Waals surface area (Å²) in [4.78, 5) is 33.4. The van der Waals surface area contributed by atoms with Crippen LogP contribution in [0, 0.1) is 0 Å². The Hall–Kier alpha value is -2.57. The molecular formula is C16H21NO6. The van der Waals surface area contributed by atoms with E-state index in [0.29, 0.717) is 12.8 Å². The maximum absolute atomic E-state index is 11.6. The van der Waals surface area contributed by atoms with Crippen LogP contribution in [0.2, 0.25) is 0 Å². The Labute approximate surface area is 134 Å². The van der Waals surface area contributed by atoms with Crippen LogP contribution in [0.1, 0.15) is 31.7 Å². The fourth-order valence-electron chi connectivity index (χ4n) is 1.83. The maximum Gasteiger partial charge on any atom is 0.408 e. The molecule has 1 rings (SSSR count). The summed E-state index contributed by atoms with van der Waals surface area (Å²) in [6, 6.07) is 8.06. The molecule has 0 aliphatic carbocycles. The molecule has 0 radical (unpaired) electrons. The molecule has 0 saturated heterocycles. The molecule has 0 spiro atoms. The number of carboxylic acids is 1. The molecule has 7 nitrogen and oxygen atoms in total. The van der Waals surface area contributed by atoms with Gasteiger partial charge in [-0.1, -0.05) is 30.3 Å². The number of ether oxygens (including phenoxy) is 2. The fraction of sp³-hybridized carbons (Fsp3) is 0.438. The molecule has 0 bridgehead atoms. The van der Waals surface area contributed by atoms with E-state index >= 15 is 0 Å². The number of hydrogen-bond acceptors (Lipinski definition) is 5. The second-order valence-electron chi connectivity index (χ2n) is 4.93. The maximum atomic E-state index is 11.6. The number of benzene rings is 1. The van der Waals surface area contributed by atoms with Gasteiger partial charge >= 0.3 is 18.0 Å². The lowest BCUT2D eigenvalue weighted by Crippen LogP contribution is -2.41. The fourth-order valence-corrected chi connectivity index (χ4v) is 1.83. The lowest BCUT2D eigenvalue weighted by Gasteiger charge is -2.14. The Morgan fingerprint density at radius 3 is 2.43 bits per heavy atom. The van der Waals surface area contributed by atoms with Crippen molar-refractivity contribution in [2.45, 2.75) is 38.8 Å². The van der Waals surface area contributed by atoms with E-state index in [0.717, 1.165) is 5.56 Å². The number of esters is 1. The number of amides is 1. The number of aliphatic carboxylic acids is 1. The minimum absolute atomic E-state index is 0.0749. The van der Waals surface area contributed by atoms with Gasteiger partial charge in [0.25, 0.3) is 0 Å². The smallest absolute Gasteiger partial charge is 0.408 e. The summed E-state index contributed by atoms with van der Waals surface area (Å²) in [7, 11) is 0. The summed E-state index contributed by atoms with van der Waals surface area (Å²) in [5, 5.41) is 11.4. The lowest BCUT2D eigenvalue weighted by atomic mass is 10.1. The molecule has 0 fully saturated rings. The molecule has 0 saturated carbocycles. The van der Waals surface area contributed by atoms with Gasteiger partial charge < -0.3 is 19.9 Å². The second-order valence-corrected chi connectivity index (χ2v) is 4.93. The average Bonchev–Trinajstić information content (AvgIpc) is 2.52. The highest BCUT2D eigenvalue weighted by Gasteiger charge is 2.20. The van der Waals surface area contributed by atoms with Crippen LogP contribution in [0.25, 0.3) is 0 Å².